The van der Waals surface area contributed by atoms with Gasteiger partial charge in [-0.1, -0.05) is 6.92 Å². The molecule has 23 heavy (non-hydrogen) atoms. The van der Waals surface area contributed by atoms with Crippen LogP contribution in [-0.4, -0.2) is 45.3 Å². The van der Waals surface area contributed by atoms with Crippen LogP contribution in [0.3, 0.4) is 0 Å². The lowest BCUT2D eigenvalue weighted by molar-refractivity contribution is -0.162. The minimum atomic E-state index is -1.30. The van der Waals surface area contributed by atoms with Gasteiger partial charge in [0, 0.05) is 23.9 Å². The number of esters is 1. The van der Waals surface area contributed by atoms with Crippen molar-refractivity contribution in [3.8, 4) is 0 Å². The molecular weight excluding hydrogens is 302 g/mol. The SMILES string of the molecule is CC(C(=O)O)C(CC(=O)OC1CC(C)(C)NC(C)(C)C1)C(=O)O. The fraction of sp³-hybridized carbons (Fsp3) is 0.812. The van der Waals surface area contributed by atoms with Gasteiger partial charge in [-0.25, -0.2) is 0 Å². The molecule has 1 heterocycles. The van der Waals surface area contributed by atoms with Crippen molar-refractivity contribution >= 4 is 17.9 Å². The molecule has 3 N–H and O–H groups in total. The summed E-state index contributed by atoms with van der Waals surface area (Å²) < 4.78 is 5.44. The van der Waals surface area contributed by atoms with Crippen LogP contribution in [0.2, 0.25) is 0 Å². The molecule has 1 rings (SSSR count). The summed E-state index contributed by atoms with van der Waals surface area (Å²) in [5.74, 6) is -5.65. The van der Waals surface area contributed by atoms with Crippen molar-refractivity contribution in [3.05, 3.63) is 0 Å². The van der Waals surface area contributed by atoms with E-state index in [1.165, 1.54) is 6.92 Å². The minimum Gasteiger partial charge on any atom is -0.481 e. The van der Waals surface area contributed by atoms with Crippen LogP contribution >= 0.6 is 0 Å². The van der Waals surface area contributed by atoms with Crippen molar-refractivity contribution in [2.24, 2.45) is 11.8 Å². The van der Waals surface area contributed by atoms with Gasteiger partial charge in [0.25, 0.3) is 0 Å². The average molecular weight is 329 g/mol. The lowest BCUT2D eigenvalue weighted by atomic mass is 9.81. The topological polar surface area (TPSA) is 113 Å². The molecule has 2 unspecified atom stereocenters. The molecule has 0 bridgehead atoms. The molecule has 0 aromatic carbocycles. The Morgan fingerprint density at radius 3 is 1.96 bits per heavy atom. The molecule has 0 aliphatic carbocycles. The Balaban J connectivity index is 2.71. The highest BCUT2D eigenvalue weighted by atomic mass is 16.5. The summed E-state index contributed by atoms with van der Waals surface area (Å²) in [6, 6.07) is 0. The van der Waals surface area contributed by atoms with Gasteiger partial charge in [0.15, 0.2) is 0 Å². The molecule has 0 saturated carbocycles. The van der Waals surface area contributed by atoms with E-state index >= 15 is 0 Å². The van der Waals surface area contributed by atoms with E-state index in [1.807, 2.05) is 27.7 Å². The Bertz CT molecular complexity index is 469. The van der Waals surface area contributed by atoms with Crippen molar-refractivity contribution in [3.63, 3.8) is 0 Å². The van der Waals surface area contributed by atoms with Crippen LogP contribution < -0.4 is 5.32 Å². The number of carbonyl (C=O) groups is 3. The molecule has 7 nitrogen and oxygen atoms in total. The second kappa shape index (κ2) is 6.86. The quantitative estimate of drug-likeness (QED) is 0.635. The zero-order chi connectivity index (χ0) is 18.0. The Labute approximate surface area is 136 Å². The summed E-state index contributed by atoms with van der Waals surface area (Å²) in [4.78, 5) is 34.2. The van der Waals surface area contributed by atoms with Crippen LogP contribution in [0.1, 0.15) is 53.9 Å². The molecule has 2 atom stereocenters. The summed E-state index contributed by atoms with van der Waals surface area (Å²) in [6.07, 6.45) is 0.486. The summed E-state index contributed by atoms with van der Waals surface area (Å²) in [7, 11) is 0. The molecule has 0 amide bonds. The highest BCUT2D eigenvalue weighted by Crippen LogP contribution is 2.31. The first-order valence-corrected chi connectivity index (χ1v) is 7.77. The first kappa shape index (κ1) is 19.4. The van der Waals surface area contributed by atoms with Crippen molar-refractivity contribution in [1.82, 2.24) is 5.32 Å². The fourth-order valence-corrected chi connectivity index (χ4v) is 3.38. The normalized spacial score (nSPS) is 22.8. The number of piperidine rings is 1. The number of carbonyl (C=O) groups excluding carboxylic acids is 1. The Morgan fingerprint density at radius 2 is 1.57 bits per heavy atom. The largest absolute Gasteiger partial charge is 0.481 e. The van der Waals surface area contributed by atoms with E-state index in [1.54, 1.807) is 0 Å². The molecular formula is C16H27NO6. The molecule has 0 radical (unpaired) electrons. The number of carboxylic acid groups (broad SMARTS) is 2. The number of nitrogens with one attached hydrogen (secondary N) is 1. The monoisotopic (exact) mass is 329 g/mol. The Hall–Kier alpha value is -1.63. The predicted molar refractivity (Wildman–Crippen MR) is 83.0 cm³/mol. The predicted octanol–water partition coefficient (Wildman–Crippen LogP) is 1.65. The highest BCUT2D eigenvalue weighted by molar-refractivity contribution is 5.84. The summed E-state index contributed by atoms with van der Waals surface area (Å²) in [6.45, 7) is 9.34. The second-order valence-electron chi connectivity index (χ2n) is 7.69. The summed E-state index contributed by atoms with van der Waals surface area (Å²) >= 11 is 0. The van der Waals surface area contributed by atoms with Gasteiger partial charge < -0.3 is 20.3 Å². The van der Waals surface area contributed by atoms with E-state index in [0.717, 1.165) is 0 Å². The molecule has 0 aromatic rings. The first-order valence-electron chi connectivity index (χ1n) is 7.77. The van der Waals surface area contributed by atoms with Crippen molar-refractivity contribution in [2.45, 2.75) is 71.1 Å². The third-order valence-electron chi connectivity index (χ3n) is 4.15. The maximum atomic E-state index is 12.1. The van der Waals surface area contributed by atoms with Gasteiger partial charge >= 0.3 is 17.9 Å². The van der Waals surface area contributed by atoms with E-state index < -0.39 is 36.2 Å². The van der Waals surface area contributed by atoms with Crippen LogP contribution in [0.25, 0.3) is 0 Å². The van der Waals surface area contributed by atoms with Gasteiger partial charge in [-0.2, -0.15) is 0 Å². The standard InChI is InChI=1S/C16H27NO6/c1-9(13(19)20)11(14(21)22)6-12(18)23-10-7-15(2,3)17-16(4,5)8-10/h9-11,17H,6-8H2,1-5H3,(H,19,20)(H,21,22). The molecule has 1 aliphatic heterocycles. The molecule has 1 fully saturated rings. The first-order chi connectivity index (χ1) is 10.3. The Morgan fingerprint density at radius 1 is 1.09 bits per heavy atom. The summed E-state index contributed by atoms with van der Waals surface area (Å²) in [5, 5.41) is 21.5. The highest BCUT2D eigenvalue weighted by Gasteiger charge is 2.40. The van der Waals surface area contributed by atoms with Crippen LogP contribution in [-0.2, 0) is 19.1 Å². The number of aliphatic carboxylic acids is 2. The lowest BCUT2D eigenvalue weighted by Crippen LogP contribution is -2.59. The van der Waals surface area contributed by atoms with Gasteiger partial charge in [0.2, 0.25) is 0 Å². The van der Waals surface area contributed by atoms with Gasteiger partial charge in [0.05, 0.1) is 18.3 Å². The number of hydrogen-bond donors (Lipinski definition) is 3. The molecule has 132 valence electrons. The number of rotatable bonds is 6. The van der Waals surface area contributed by atoms with E-state index in [4.69, 9.17) is 14.9 Å². The van der Waals surface area contributed by atoms with Crippen molar-refractivity contribution in [2.75, 3.05) is 0 Å². The van der Waals surface area contributed by atoms with E-state index in [2.05, 4.69) is 5.32 Å². The third-order valence-corrected chi connectivity index (χ3v) is 4.15. The van der Waals surface area contributed by atoms with Crippen LogP contribution in [0, 0.1) is 11.8 Å². The smallest absolute Gasteiger partial charge is 0.307 e. The van der Waals surface area contributed by atoms with Gasteiger partial charge in [-0.05, 0) is 27.7 Å². The third kappa shape index (κ3) is 5.82. The van der Waals surface area contributed by atoms with Gasteiger partial charge in [0.1, 0.15) is 6.10 Å². The molecule has 7 heteroatoms. The molecule has 1 aliphatic rings. The minimum absolute atomic E-state index is 0.201. The molecule has 0 spiro atoms. The zero-order valence-electron chi connectivity index (χ0n) is 14.4. The number of carboxylic acids is 2. The van der Waals surface area contributed by atoms with Crippen molar-refractivity contribution in [1.29, 1.82) is 0 Å². The van der Waals surface area contributed by atoms with E-state index in [-0.39, 0.29) is 17.2 Å². The van der Waals surface area contributed by atoms with Crippen molar-refractivity contribution < 1.29 is 29.3 Å². The van der Waals surface area contributed by atoms with Crippen LogP contribution in [0.15, 0.2) is 0 Å². The number of ether oxygens (including phenoxy) is 1. The van der Waals surface area contributed by atoms with Crippen LogP contribution in [0.4, 0.5) is 0 Å². The number of hydrogen-bond acceptors (Lipinski definition) is 5. The van der Waals surface area contributed by atoms with E-state index in [9.17, 15) is 14.4 Å². The maximum absolute atomic E-state index is 12.1. The zero-order valence-corrected chi connectivity index (χ0v) is 14.4. The average Bonchev–Trinajstić information content (AvgIpc) is 2.30. The summed E-state index contributed by atoms with van der Waals surface area (Å²) in [5.41, 5.74) is -0.402. The maximum Gasteiger partial charge on any atom is 0.307 e. The Kier molecular flexibility index (Phi) is 5.79. The van der Waals surface area contributed by atoms with Crippen LogP contribution in [0.5, 0.6) is 0 Å². The fourth-order valence-electron chi connectivity index (χ4n) is 3.38. The lowest BCUT2D eigenvalue weighted by Gasteiger charge is -2.45. The molecule has 1 saturated heterocycles. The second-order valence-corrected chi connectivity index (χ2v) is 7.69. The van der Waals surface area contributed by atoms with Gasteiger partial charge in [-0.15, -0.1) is 0 Å². The van der Waals surface area contributed by atoms with Gasteiger partial charge in [-0.3, -0.25) is 14.4 Å². The molecule has 0 aromatic heterocycles. The van der Waals surface area contributed by atoms with E-state index in [0.29, 0.717) is 12.8 Å².